The van der Waals surface area contributed by atoms with E-state index in [1.165, 1.54) is 5.56 Å². The summed E-state index contributed by atoms with van der Waals surface area (Å²) in [7, 11) is 2.06. The molecule has 1 saturated heterocycles. The topological polar surface area (TPSA) is 106 Å². The quantitative estimate of drug-likeness (QED) is 0.517. The van der Waals surface area contributed by atoms with Gasteiger partial charge in [0.05, 0.1) is 37.2 Å². The fourth-order valence-electron chi connectivity index (χ4n) is 3.89. The molecular weight excluding hydrogens is 413 g/mol. The van der Waals surface area contributed by atoms with Gasteiger partial charge in [0.25, 0.3) is 0 Å². The fraction of sp³-hybridized carbons (Fsp3) is 0.611. The monoisotopic (exact) mass is 437 g/mol. The van der Waals surface area contributed by atoms with Crippen LogP contribution in [0.2, 0.25) is 0 Å². The summed E-state index contributed by atoms with van der Waals surface area (Å²) in [5.74, 6) is 0.967. The summed E-state index contributed by atoms with van der Waals surface area (Å²) in [6.07, 6.45) is 7.22. The van der Waals surface area contributed by atoms with Crippen LogP contribution in [0.1, 0.15) is 37.5 Å². The van der Waals surface area contributed by atoms with Crippen LogP contribution in [-0.2, 0) is 32.0 Å². The molecule has 29 heavy (non-hydrogen) atoms. The zero-order valence-corrected chi connectivity index (χ0v) is 17.9. The number of aromatic nitrogens is 3. The largest absolute Gasteiger partial charge is 0.359 e. The molecule has 0 spiro atoms. The molecule has 0 radical (unpaired) electrons. The van der Waals surface area contributed by atoms with Gasteiger partial charge >= 0.3 is 6.72 Å². The number of hydrogen-bond donors (Lipinski definition) is 1. The maximum atomic E-state index is 10.0. The third-order valence-corrected chi connectivity index (χ3v) is 6.87. The van der Waals surface area contributed by atoms with Crippen LogP contribution in [-0.4, -0.2) is 52.3 Å². The van der Waals surface area contributed by atoms with Crippen molar-refractivity contribution in [3.8, 4) is 6.07 Å². The molecule has 0 aromatic carbocycles. The van der Waals surface area contributed by atoms with Crippen molar-refractivity contribution in [3.63, 3.8) is 0 Å². The molecule has 1 fully saturated rings. The summed E-state index contributed by atoms with van der Waals surface area (Å²) in [5.41, 5.74) is 2.14. The van der Waals surface area contributed by atoms with Gasteiger partial charge in [0.1, 0.15) is 24.0 Å². The highest BCUT2D eigenvalue weighted by molar-refractivity contribution is 8.07. The molecule has 0 saturated carbocycles. The van der Waals surface area contributed by atoms with Gasteiger partial charge in [-0.2, -0.15) is 5.26 Å². The number of rotatable bonds is 7. The van der Waals surface area contributed by atoms with E-state index in [1.807, 2.05) is 6.07 Å². The van der Waals surface area contributed by atoms with Gasteiger partial charge in [-0.3, -0.25) is 0 Å². The molecule has 1 unspecified atom stereocenters. The van der Waals surface area contributed by atoms with Gasteiger partial charge in [-0.1, -0.05) is 0 Å². The Labute approximate surface area is 174 Å². The second-order valence-corrected chi connectivity index (χ2v) is 10.1. The van der Waals surface area contributed by atoms with E-state index in [1.54, 1.807) is 6.33 Å². The van der Waals surface area contributed by atoms with Gasteiger partial charge in [-0.15, -0.1) is 0 Å². The summed E-state index contributed by atoms with van der Waals surface area (Å²) in [6.45, 7) is -2.15. The highest BCUT2D eigenvalue weighted by Gasteiger charge is 2.31. The van der Waals surface area contributed by atoms with Gasteiger partial charge in [-0.05, 0) is 43.1 Å². The minimum Gasteiger partial charge on any atom is -0.359 e. The Bertz CT molecular complexity index is 977. The third-order valence-electron chi connectivity index (χ3n) is 5.26. The first-order valence-corrected chi connectivity index (χ1v) is 12.3. The minimum atomic E-state index is -3.35. The summed E-state index contributed by atoms with van der Waals surface area (Å²) >= 11 is 4.97. The lowest BCUT2D eigenvalue weighted by Crippen LogP contribution is -2.19. The first-order valence-electron chi connectivity index (χ1n) is 9.68. The first-order chi connectivity index (χ1) is 14.0. The van der Waals surface area contributed by atoms with Gasteiger partial charge in [-0.25, -0.2) is 9.97 Å². The van der Waals surface area contributed by atoms with Crippen LogP contribution in [0.25, 0.3) is 11.0 Å². The lowest BCUT2D eigenvalue weighted by molar-refractivity contribution is -0.0187. The number of nitriles is 1. The molecule has 2 aromatic rings. The van der Waals surface area contributed by atoms with E-state index >= 15 is 0 Å². The standard InChI is InChI=1S/C18H24N5O4PS/c1-22-8-2-4-13-10-23(18-16(13)17(22)20-12-21-18)15-6-5-14(27-15)11-26-28(24,29)25-9-3-7-19/h10,12,14-15H,2-6,8-9,11H2,1H3,(H,24,29)/t14-,15+,28?/m0/s1. The molecule has 4 rings (SSSR count). The zero-order chi connectivity index (χ0) is 20.4. The Kier molecular flexibility index (Phi) is 6.16. The van der Waals surface area contributed by atoms with Gasteiger partial charge in [0.2, 0.25) is 0 Å². The van der Waals surface area contributed by atoms with E-state index in [4.69, 9.17) is 30.9 Å². The van der Waals surface area contributed by atoms with E-state index in [2.05, 4.69) is 32.7 Å². The van der Waals surface area contributed by atoms with Crippen molar-refractivity contribution < 1.29 is 18.7 Å². The predicted molar refractivity (Wildman–Crippen MR) is 111 cm³/mol. The molecule has 11 heteroatoms. The Morgan fingerprint density at radius 3 is 3.10 bits per heavy atom. The maximum Gasteiger partial charge on any atom is 0.324 e. The van der Waals surface area contributed by atoms with Crippen molar-refractivity contribution in [3.05, 3.63) is 18.1 Å². The molecule has 0 amide bonds. The van der Waals surface area contributed by atoms with E-state index in [0.29, 0.717) is 0 Å². The fourth-order valence-corrected chi connectivity index (χ4v) is 5.05. The molecule has 9 nitrogen and oxygen atoms in total. The smallest absolute Gasteiger partial charge is 0.324 e. The van der Waals surface area contributed by atoms with Crippen LogP contribution in [0.5, 0.6) is 0 Å². The predicted octanol–water partition coefficient (Wildman–Crippen LogP) is 2.65. The molecule has 0 aliphatic carbocycles. The van der Waals surface area contributed by atoms with E-state index < -0.39 is 6.72 Å². The molecule has 2 aliphatic rings. The molecule has 3 atom stereocenters. The van der Waals surface area contributed by atoms with Crippen LogP contribution < -0.4 is 4.90 Å². The van der Waals surface area contributed by atoms with E-state index in [0.717, 1.165) is 49.1 Å². The maximum absolute atomic E-state index is 10.0. The number of hydrogen-bond acceptors (Lipinski definition) is 8. The van der Waals surface area contributed by atoms with Crippen LogP contribution in [0.4, 0.5) is 5.82 Å². The second-order valence-electron chi connectivity index (χ2n) is 7.28. The van der Waals surface area contributed by atoms with Crippen LogP contribution >= 0.6 is 6.72 Å². The first kappa shape index (κ1) is 20.7. The van der Waals surface area contributed by atoms with Gasteiger partial charge < -0.3 is 28.1 Å². The molecular formula is C18H24N5O4PS. The van der Waals surface area contributed by atoms with Crippen LogP contribution in [0.3, 0.4) is 0 Å². The van der Waals surface area contributed by atoms with Crippen molar-refractivity contribution in [2.45, 2.75) is 44.4 Å². The van der Waals surface area contributed by atoms with Crippen molar-refractivity contribution in [1.82, 2.24) is 14.5 Å². The Hall–Kier alpha value is -1.60. The average molecular weight is 437 g/mol. The van der Waals surface area contributed by atoms with Gasteiger partial charge in [0.15, 0.2) is 0 Å². The van der Waals surface area contributed by atoms with Crippen molar-refractivity contribution >= 4 is 35.4 Å². The molecule has 1 N–H and O–H groups in total. The Morgan fingerprint density at radius 1 is 1.41 bits per heavy atom. The Balaban J connectivity index is 1.45. The minimum absolute atomic E-state index is 0.0625. The van der Waals surface area contributed by atoms with Crippen molar-refractivity contribution in [2.24, 2.45) is 0 Å². The lowest BCUT2D eigenvalue weighted by atomic mass is 10.1. The normalized spacial score (nSPS) is 23.7. The molecule has 2 aromatic heterocycles. The lowest BCUT2D eigenvalue weighted by Gasteiger charge is -2.20. The molecule has 156 valence electrons. The summed E-state index contributed by atoms with van der Waals surface area (Å²) in [5, 5.41) is 9.65. The SMILES string of the molecule is CN1CCCc2cn([C@H]3CC[C@@H](COP(O)(=S)OCCC#N)O3)c3ncnc1c23. The van der Waals surface area contributed by atoms with E-state index in [9.17, 15) is 4.89 Å². The van der Waals surface area contributed by atoms with Crippen LogP contribution in [0, 0.1) is 11.3 Å². The van der Waals surface area contributed by atoms with Crippen LogP contribution in [0.15, 0.2) is 12.5 Å². The highest BCUT2D eigenvalue weighted by Crippen LogP contribution is 2.45. The molecule has 0 bridgehead atoms. The average Bonchev–Trinajstić information content (AvgIpc) is 3.27. The number of nitrogens with zero attached hydrogens (tertiary/aromatic N) is 5. The van der Waals surface area contributed by atoms with E-state index in [-0.39, 0.29) is 32.0 Å². The summed E-state index contributed by atoms with van der Waals surface area (Å²) in [6, 6.07) is 1.94. The molecule has 4 heterocycles. The second kappa shape index (κ2) is 8.64. The third kappa shape index (κ3) is 4.45. The van der Waals surface area contributed by atoms with Crippen molar-refractivity contribution in [1.29, 1.82) is 5.26 Å². The van der Waals surface area contributed by atoms with Crippen molar-refractivity contribution in [2.75, 3.05) is 31.7 Å². The number of aryl methyl sites for hydroxylation is 1. The Morgan fingerprint density at radius 2 is 2.28 bits per heavy atom. The summed E-state index contributed by atoms with van der Waals surface area (Å²) in [4.78, 5) is 21.2. The summed E-state index contributed by atoms with van der Waals surface area (Å²) < 4.78 is 18.8. The number of ether oxygens (including phenoxy) is 1. The van der Waals surface area contributed by atoms with Gasteiger partial charge in [0, 0.05) is 19.8 Å². The molecule has 2 aliphatic heterocycles. The highest BCUT2D eigenvalue weighted by atomic mass is 32.5. The number of anilines is 1. The zero-order valence-electron chi connectivity index (χ0n) is 16.2.